The predicted molar refractivity (Wildman–Crippen MR) is 128 cm³/mol. The van der Waals surface area contributed by atoms with Gasteiger partial charge in [-0.15, -0.1) is 0 Å². The van der Waals surface area contributed by atoms with Crippen molar-refractivity contribution in [2.24, 2.45) is 0 Å². The number of rotatable bonds is 4. The highest BCUT2D eigenvalue weighted by Gasteiger charge is 2.29. The highest BCUT2D eigenvalue weighted by atomic mass is 16.5. The quantitative estimate of drug-likeness (QED) is 0.502. The van der Waals surface area contributed by atoms with Crippen LogP contribution >= 0.6 is 0 Å². The van der Waals surface area contributed by atoms with Gasteiger partial charge in [0.15, 0.2) is 5.82 Å². The van der Waals surface area contributed by atoms with Crippen LogP contribution in [0.4, 0.5) is 5.82 Å². The molecule has 0 aromatic carbocycles. The fourth-order valence-electron chi connectivity index (χ4n) is 5.26. The number of anilines is 1. The summed E-state index contributed by atoms with van der Waals surface area (Å²) < 4.78 is 5.61. The van der Waals surface area contributed by atoms with Crippen LogP contribution in [0.2, 0.25) is 0 Å². The molecule has 8 nitrogen and oxygen atoms in total. The molecule has 3 aliphatic rings. The van der Waals surface area contributed by atoms with E-state index in [4.69, 9.17) is 14.7 Å². The van der Waals surface area contributed by atoms with Crippen LogP contribution in [0.3, 0.4) is 0 Å². The SMILES string of the molecule is c1cc(-c2nc(N3CCNCC3)c3c(C4CC4)cncc3n2)c2cc(C3CCOC3)[nH]c2n1. The zero-order valence-electron chi connectivity index (χ0n) is 18.5. The Hall–Kier alpha value is -3.10. The molecular weight excluding hydrogens is 414 g/mol. The number of nitrogens with zero attached hydrogens (tertiary/aromatic N) is 5. The second kappa shape index (κ2) is 7.74. The molecule has 1 atom stereocenters. The van der Waals surface area contributed by atoms with E-state index < -0.39 is 0 Å². The summed E-state index contributed by atoms with van der Waals surface area (Å²) in [6.45, 7) is 5.40. The molecule has 33 heavy (non-hydrogen) atoms. The van der Waals surface area contributed by atoms with Gasteiger partial charge in [0, 0.05) is 73.1 Å². The summed E-state index contributed by atoms with van der Waals surface area (Å²) in [6.07, 6.45) is 9.27. The van der Waals surface area contributed by atoms with Crippen molar-refractivity contribution >= 4 is 27.8 Å². The molecule has 4 aromatic rings. The van der Waals surface area contributed by atoms with Crippen LogP contribution in [0.25, 0.3) is 33.3 Å². The number of H-pyrrole nitrogens is 1. The van der Waals surface area contributed by atoms with E-state index in [0.717, 1.165) is 79.6 Å². The lowest BCUT2D eigenvalue weighted by Crippen LogP contribution is -2.44. The lowest BCUT2D eigenvalue weighted by molar-refractivity contribution is 0.193. The summed E-state index contributed by atoms with van der Waals surface area (Å²) in [6, 6.07) is 4.25. The Morgan fingerprint density at radius 3 is 2.76 bits per heavy atom. The van der Waals surface area contributed by atoms with Crippen LogP contribution in [-0.2, 0) is 4.74 Å². The van der Waals surface area contributed by atoms with E-state index in [2.05, 4.69) is 31.2 Å². The van der Waals surface area contributed by atoms with Gasteiger partial charge in [0.2, 0.25) is 0 Å². The Labute approximate surface area is 191 Å². The van der Waals surface area contributed by atoms with Gasteiger partial charge >= 0.3 is 0 Å². The first kappa shape index (κ1) is 19.4. The third-order valence-electron chi connectivity index (χ3n) is 7.21. The normalized spacial score (nSPS) is 21.3. The molecule has 1 aliphatic carbocycles. The van der Waals surface area contributed by atoms with Gasteiger partial charge in [0.1, 0.15) is 11.5 Å². The number of piperazine rings is 1. The number of aromatic amines is 1. The van der Waals surface area contributed by atoms with E-state index in [1.807, 2.05) is 24.7 Å². The van der Waals surface area contributed by atoms with Crippen LogP contribution in [0.5, 0.6) is 0 Å². The number of fused-ring (bicyclic) bond motifs is 2. The minimum absolute atomic E-state index is 0.395. The Morgan fingerprint density at radius 2 is 1.94 bits per heavy atom. The molecule has 6 heterocycles. The van der Waals surface area contributed by atoms with Gasteiger partial charge in [-0.25, -0.2) is 15.0 Å². The van der Waals surface area contributed by atoms with Crippen LogP contribution in [0.1, 0.15) is 42.4 Å². The van der Waals surface area contributed by atoms with Crippen molar-refractivity contribution in [2.45, 2.75) is 31.1 Å². The first-order chi connectivity index (χ1) is 16.3. The first-order valence-corrected chi connectivity index (χ1v) is 12.0. The van der Waals surface area contributed by atoms with Crippen molar-refractivity contribution in [2.75, 3.05) is 44.3 Å². The van der Waals surface area contributed by atoms with E-state index in [1.54, 1.807) is 0 Å². The molecule has 3 fully saturated rings. The standard InChI is InChI=1S/C25H27N7O/c1-2-15(1)19-12-27-13-21-22(19)25(32-8-6-26-7-9-32)31-24(30-21)17-3-5-28-23-18(17)11-20(29-23)16-4-10-33-14-16/h3,5,11-13,15-16,26H,1-2,4,6-10,14H2,(H,28,29). The van der Waals surface area contributed by atoms with Gasteiger partial charge in [-0.05, 0) is 42.9 Å². The number of hydrogen-bond donors (Lipinski definition) is 2. The van der Waals surface area contributed by atoms with E-state index in [-0.39, 0.29) is 0 Å². The first-order valence-electron chi connectivity index (χ1n) is 12.0. The number of aromatic nitrogens is 5. The minimum atomic E-state index is 0.395. The van der Waals surface area contributed by atoms with Crippen LogP contribution in [-0.4, -0.2) is 64.3 Å². The smallest absolute Gasteiger partial charge is 0.163 e. The van der Waals surface area contributed by atoms with Crippen LogP contribution < -0.4 is 10.2 Å². The van der Waals surface area contributed by atoms with Gasteiger partial charge in [0.25, 0.3) is 0 Å². The number of ether oxygens (including phenoxy) is 1. The van der Waals surface area contributed by atoms with Crippen LogP contribution in [0, 0.1) is 0 Å². The van der Waals surface area contributed by atoms with Crippen molar-refractivity contribution in [1.82, 2.24) is 30.2 Å². The Morgan fingerprint density at radius 1 is 1.03 bits per heavy atom. The maximum Gasteiger partial charge on any atom is 0.163 e. The van der Waals surface area contributed by atoms with Crippen molar-refractivity contribution in [3.8, 4) is 11.4 Å². The summed E-state index contributed by atoms with van der Waals surface area (Å²) in [5.74, 6) is 2.77. The zero-order valence-corrected chi connectivity index (χ0v) is 18.5. The second-order valence-electron chi connectivity index (χ2n) is 9.41. The van der Waals surface area contributed by atoms with Gasteiger partial charge in [-0.2, -0.15) is 0 Å². The summed E-state index contributed by atoms with van der Waals surface area (Å²) in [4.78, 5) is 25.3. The monoisotopic (exact) mass is 441 g/mol. The summed E-state index contributed by atoms with van der Waals surface area (Å²) >= 11 is 0. The number of hydrogen-bond acceptors (Lipinski definition) is 7. The highest BCUT2D eigenvalue weighted by Crippen LogP contribution is 2.45. The average molecular weight is 442 g/mol. The number of pyridine rings is 2. The zero-order chi connectivity index (χ0) is 21.8. The molecule has 1 unspecified atom stereocenters. The molecule has 8 heteroatoms. The van der Waals surface area contributed by atoms with E-state index >= 15 is 0 Å². The molecule has 168 valence electrons. The molecule has 0 amide bonds. The Balaban J connectivity index is 1.42. The van der Waals surface area contributed by atoms with E-state index in [9.17, 15) is 0 Å². The molecule has 2 aliphatic heterocycles. The molecule has 4 aromatic heterocycles. The van der Waals surface area contributed by atoms with E-state index in [0.29, 0.717) is 11.8 Å². The Kier molecular flexibility index (Phi) is 4.55. The molecule has 0 bridgehead atoms. The fraction of sp³-hybridized carbons (Fsp3) is 0.440. The van der Waals surface area contributed by atoms with Crippen molar-refractivity contribution < 1.29 is 4.74 Å². The maximum atomic E-state index is 5.61. The van der Waals surface area contributed by atoms with Gasteiger partial charge in [-0.1, -0.05) is 0 Å². The van der Waals surface area contributed by atoms with Gasteiger partial charge < -0.3 is 19.9 Å². The van der Waals surface area contributed by atoms with Gasteiger partial charge in [-0.3, -0.25) is 4.98 Å². The minimum Gasteiger partial charge on any atom is -0.381 e. The fourth-order valence-corrected chi connectivity index (χ4v) is 5.26. The molecule has 2 saturated heterocycles. The molecule has 7 rings (SSSR count). The second-order valence-corrected chi connectivity index (χ2v) is 9.41. The molecular formula is C25H27N7O. The Bertz CT molecular complexity index is 1330. The molecule has 0 radical (unpaired) electrons. The third-order valence-corrected chi connectivity index (χ3v) is 7.21. The lowest BCUT2D eigenvalue weighted by atomic mass is 10.0. The molecule has 0 spiro atoms. The van der Waals surface area contributed by atoms with Crippen molar-refractivity contribution in [3.05, 3.63) is 42.0 Å². The van der Waals surface area contributed by atoms with Crippen molar-refractivity contribution in [1.29, 1.82) is 0 Å². The van der Waals surface area contributed by atoms with Crippen LogP contribution in [0.15, 0.2) is 30.7 Å². The highest BCUT2D eigenvalue weighted by molar-refractivity contribution is 5.97. The summed E-state index contributed by atoms with van der Waals surface area (Å²) in [5, 5.41) is 5.71. The topological polar surface area (TPSA) is 91.9 Å². The van der Waals surface area contributed by atoms with E-state index in [1.165, 1.54) is 29.5 Å². The summed E-state index contributed by atoms with van der Waals surface area (Å²) in [5.41, 5.74) is 5.31. The average Bonchev–Trinajstić information content (AvgIpc) is 3.37. The van der Waals surface area contributed by atoms with Gasteiger partial charge in [0.05, 0.1) is 18.3 Å². The predicted octanol–water partition coefficient (Wildman–Crippen LogP) is 3.36. The molecule has 1 saturated carbocycles. The third kappa shape index (κ3) is 3.36. The van der Waals surface area contributed by atoms with Crippen molar-refractivity contribution in [3.63, 3.8) is 0 Å². The lowest BCUT2D eigenvalue weighted by Gasteiger charge is -2.30. The summed E-state index contributed by atoms with van der Waals surface area (Å²) in [7, 11) is 0. The maximum absolute atomic E-state index is 5.61. The molecule has 2 N–H and O–H groups in total. The largest absolute Gasteiger partial charge is 0.381 e. The number of nitrogens with one attached hydrogen (secondary N) is 2.